The molecule has 5 rings (SSSR count). The number of imidazole rings is 1. The highest BCUT2D eigenvalue weighted by atomic mass is 19.1. The molecule has 0 radical (unpaired) electrons. The molecule has 7 nitrogen and oxygen atoms in total. The van der Waals surface area contributed by atoms with Gasteiger partial charge in [0.05, 0.1) is 13.0 Å². The average molecular weight is 485 g/mol. The zero-order valence-corrected chi connectivity index (χ0v) is 20.5. The van der Waals surface area contributed by atoms with Crippen LogP contribution in [-0.4, -0.2) is 50.5 Å². The highest BCUT2D eigenvalue weighted by molar-refractivity contribution is 6.02. The lowest BCUT2D eigenvalue weighted by molar-refractivity contribution is -0.187. The van der Waals surface area contributed by atoms with E-state index in [0.717, 1.165) is 5.57 Å². The van der Waals surface area contributed by atoms with Crippen LogP contribution in [0.1, 0.15) is 69.9 Å². The Bertz CT molecular complexity index is 1130. The first kappa shape index (κ1) is 24.1. The Kier molecular flexibility index (Phi) is 5.47. The van der Waals surface area contributed by atoms with Crippen molar-refractivity contribution in [2.24, 2.45) is 28.6 Å². The summed E-state index contributed by atoms with van der Waals surface area (Å²) in [7, 11) is 0. The van der Waals surface area contributed by atoms with Gasteiger partial charge in [-0.3, -0.25) is 14.4 Å². The van der Waals surface area contributed by atoms with Crippen molar-refractivity contribution < 1.29 is 28.6 Å². The predicted octanol–water partition coefficient (Wildman–Crippen LogP) is 3.90. The van der Waals surface area contributed by atoms with E-state index in [9.17, 15) is 19.5 Å². The van der Waals surface area contributed by atoms with Gasteiger partial charge in [0.15, 0.2) is 17.2 Å². The molecule has 0 saturated heterocycles. The molecule has 4 aliphatic rings. The summed E-state index contributed by atoms with van der Waals surface area (Å²) in [5.74, 6) is -1.96. The predicted molar refractivity (Wildman–Crippen MR) is 125 cm³/mol. The number of rotatable bonds is 5. The molecule has 0 amide bonds. The molecule has 0 spiro atoms. The number of aromatic nitrogens is 2. The number of ketones is 2. The fourth-order valence-electron chi connectivity index (χ4n) is 8.05. The highest BCUT2D eigenvalue weighted by Gasteiger charge is 2.75. The number of ether oxygens (including phenoxy) is 1. The number of alkyl halides is 1. The zero-order valence-electron chi connectivity index (χ0n) is 20.5. The van der Waals surface area contributed by atoms with Gasteiger partial charge in [0, 0.05) is 29.1 Å². The third-order valence-corrected chi connectivity index (χ3v) is 9.84. The monoisotopic (exact) mass is 484 g/mol. The number of carbonyl (C=O) groups excluding carboxylic acids is 3. The number of allylic oxidation sites excluding steroid dienone is 4. The number of H-pyrrole nitrogens is 1. The van der Waals surface area contributed by atoms with Crippen molar-refractivity contribution in [2.75, 3.05) is 6.61 Å². The van der Waals surface area contributed by atoms with Gasteiger partial charge in [-0.2, -0.15) is 0 Å². The maximum atomic E-state index is 17.3. The number of fused-ring (bicyclic) bond motifs is 5. The molecule has 1 aromatic rings. The molecule has 1 heterocycles. The van der Waals surface area contributed by atoms with Gasteiger partial charge in [-0.15, -0.1) is 0 Å². The van der Waals surface area contributed by atoms with Crippen LogP contribution in [0.5, 0.6) is 0 Å². The van der Waals surface area contributed by atoms with E-state index in [2.05, 4.69) is 9.97 Å². The van der Waals surface area contributed by atoms with Crippen molar-refractivity contribution in [3.05, 3.63) is 42.0 Å². The molecule has 3 saturated carbocycles. The van der Waals surface area contributed by atoms with Crippen LogP contribution in [-0.2, 0) is 14.3 Å². The molecule has 0 bridgehead atoms. The summed E-state index contributed by atoms with van der Waals surface area (Å²) in [6.45, 7) is 5.36. The van der Waals surface area contributed by atoms with Crippen LogP contribution in [0.3, 0.4) is 0 Å². The maximum absolute atomic E-state index is 17.3. The lowest BCUT2D eigenvalue weighted by Crippen LogP contribution is -2.65. The summed E-state index contributed by atoms with van der Waals surface area (Å²) in [5, 5.41) is 9.34. The highest BCUT2D eigenvalue weighted by Crippen LogP contribution is 2.71. The number of carbonyl (C=O) groups is 3. The van der Waals surface area contributed by atoms with Gasteiger partial charge in [0.2, 0.25) is 5.78 Å². The smallest absolute Gasteiger partial charge is 0.309 e. The number of aromatic amines is 1. The van der Waals surface area contributed by atoms with E-state index < -0.39 is 33.9 Å². The van der Waals surface area contributed by atoms with Gasteiger partial charge >= 0.3 is 5.97 Å². The van der Waals surface area contributed by atoms with Crippen LogP contribution < -0.4 is 0 Å². The van der Waals surface area contributed by atoms with E-state index in [-0.39, 0.29) is 48.8 Å². The van der Waals surface area contributed by atoms with Gasteiger partial charge < -0.3 is 14.8 Å². The molecular formula is C27H33FN2O5. The van der Waals surface area contributed by atoms with Crippen molar-refractivity contribution in [2.45, 2.75) is 70.6 Å². The standard InChI is InChI=1S/C27H33FN2O5/c1-16-14-20-19-5-4-17-15-18(32)6-8-24(17,2)26(19,28)10-9-25(20,3)27(16,35-21(33)7-13-31)22(34)23-29-11-12-30-23/h6,8,11-12,15-16,19-20,31H,4-5,7,9-10,13-14H2,1-3H3,(H,29,30)/t16-,19?,20?,24-,25-,26+,27-/m0/s1. The molecule has 8 heteroatoms. The number of nitrogens with one attached hydrogen (secondary N) is 1. The van der Waals surface area contributed by atoms with Gasteiger partial charge in [-0.05, 0) is 63.0 Å². The second-order valence-electron chi connectivity index (χ2n) is 11.2. The minimum atomic E-state index is -1.57. The minimum absolute atomic E-state index is 0.103. The molecule has 7 atom stereocenters. The Morgan fingerprint density at radius 2 is 2.06 bits per heavy atom. The van der Waals surface area contributed by atoms with Gasteiger partial charge in [0.25, 0.3) is 0 Å². The van der Waals surface area contributed by atoms with Crippen LogP contribution in [0, 0.1) is 28.6 Å². The summed E-state index contributed by atoms with van der Waals surface area (Å²) < 4.78 is 23.3. The van der Waals surface area contributed by atoms with E-state index in [1.807, 2.05) is 20.8 Å². The third kappa shape index (κ3) is 3.04. The van der Waals surface area contributed by atoms with E-state index in [0.29, 0.717) is 25.7 Å². The Morgan fingerprint density at radius 1 is 1.29 bits per heavy atom. The average Bonchev–Trinajstić information content (AvgIpc) is 3.42. The first-order valence-corrected chi connectivity index (χ1v) is 12.5. The van der Waals surface area contributed by atoms with E-state index in [1.165, 1.54) is 12.3 Å². The zero-order chi connectivity index (χ0) is 25.2. The van der Waals surface area contributed by atoms with E-state index >= 15 is 4.39 Å². The second kappa shape index (κ2) is 7.95. The Hall–Kier alpha value is -2.61. The molecule has 188 valence electrons. The van der Waals surface area contributed by atoms with Crippen molar-refractivity contribution in [3.63, 3.8) is 0 Å². The van der Waals surface area contributed by atoms with E-state index in [4.69, 9.17) is 4.74 Å². The summed E-state index contributed by atoms with van der Waals surface area (Å²) in [6.07, 6.45) is 9.86. The van der Waals surface area contributed by atoms with Crippen molar-refractivity contribution in [3.8, 4) is 0 Å². The number of esters is 1. The van der Waals surface area contributed by atoms with Crippen molar-refractivity contribution in [1.82, 2.24) is 9.97 Å². The van der Waals surface area contributed by atoms with Crippen LogP contribution >= 0.6 is 0 Å². The molecule has 1 aromatic heterocycles. The summed E-state index contributed by atoms with van der Waals surface area (Å²) in [5.41, 5.74) is -3.94. The van der Waals surface area contributed by atoms with Crippen LogP contribution in [0.25, 0.3) is 0 Å². The lowest BCUT2D eigenvalue weighted by Gasteiger charge is -2.61. The molecular weight excluding hydrogens is 451 g/mol. The Labute approximate surface area is 204 Å². The summed E-state index contributed by atoms with van der Waals surface area (Å²) >= 11 is 0. The van der Waals surface area contributed by atoms with Gasteiger partial charge in [-0.25, -0.2) is 9.37 Å². The second-order valence-corrected chi connectivity index (χ2v) is 11.2. The first-order valence-electron chi connectivity index (χ1n) is 12.5. The Morgan fingerprint density at radius 3 is 2.74 bits per heavy atom. The topological polar surface area (TPSA) is 109 Å². The van der Waals surface area contributed by atoms with Crippen LogP contribution in [0.15, 0.2) is 36.2 Å². The van der Waals surface area contributed by atoms with Gasteiger partial charge in [-0.1, -0.05) is 25.5 Å². The molecule has 2 N–H and O–H groups in total. The van der Waals surface area contributed by atoms with Crippen LogP contribution in [0.4, 0.5) is 4.39 Å². The normalized spacial score (nSPS) is 42.0. The van der Waals surface area contributed by atoms with Crippen molar-refractivity contribution in [1.29, 1.82) is 0 Å². The molecule has 3 fully saturated rings. The number of hydrogen-bond acceptors (Lipinski definition) is 6. The molecule has 0 aromatic carbocycles. The summed E-state index contributed by atoms with van der Waals surface area (Å²) in [6, 6.07) is 0. The number of aliphatic hydroxyl groups is 1. The molecule has 4 aliphatic carbocycles. The number of hydrogen-bond donors (Lipinski definition) is 2. The Balaban J connectivity index is 1.60. The lowest BCUT2D eigenvalue weighted by atomic mass is 9.45. The first-order chi connectivity index (χ1) is 16.5. The SMILES string of the molecule is C[C@H]1CC2C3CCC4=CC(=O)C=C[C@]4(C)[C@@]3(F)CC[C@]2(C)[C@@]1(OC(=O)CCO)C(=O)c1ncc[nH]1. The number of Topliss-reactive ketones (excluding diaryl/α,β-unsaturated/α-hetero) is 1. The largest absolute Gasteiger partial charge is 0.450 e. The minimum Gasteiger partial charge on any atom is -0.450 e. The number of halogens is 1. The molecule has 0 aliphatic heterocycles. The maximum Gasteiger partial charge on any atom is 0.309 e. The quantitative estimate of drug-likeness (QED) is 0.485. The molecule has 35 heavy (non-hydrogen) atoms. The molecule has 2 unspecified atom stereocenters. The number of aliphatic hydroxyl groups excluding tert-OH is 1. The number of nitrogens with zero attached hydrogens (tertiary/aromatic N) is 1. The fraction of sp³-hybridized carbons (Fsp3) is 0.630. The van der Waals surface area contributed by atoms with Gasteiger partial charge in [0.1, 0.15) is 5.67 Å². The summed E-state index contributed by atoms with van der Waals surface area (Å²) in [4.78, 5) is 45.8. The van der Waals surface area contributed by atoms with E-state index in [1.54, 1.807) is 18.3 Å². The van der Waals surface area contributed by atoms with Crippen LogP contribution in [0.2, 0.25) is 0 Å². The fourth-order valence-corrected chi connectivity index (χ4v) is 8.05. The van der Waals surface area contributed by atoms with Crippen molar-refractivity contribution >= 4 is 17.5 Å². The third-order valence-electron chi connectivity index (χ3n) is 9.84.